The molecule has 2 heterocycles. The monoisotopic (exact) mass is 221 g/mol. The van der Waals surface area contributed by atoms with Gasteiger partial charge in [-0.25, -0.2) is 0 Å². The van der Waals surface area contributed by atoms with Crippen LogP contribution in [0.4, 0.5) is 5.69 Å². The van der Waals surface area contributed by atoms with Crippen molar-refractivity contribution in [2.45, 2.75) is 19.5 Å². The third-order valence-corrected chi connectivity index (χ3v) is 2.98. The van der Waals surface area contributed by atoms with Crippen LogP contribution in [0.1, 0.15) is 12.6 Å². The van der Waals surface area contributed by atoms with Gasteiger partial charge in [0, 0.05) is 38.1 Å². The largest absolute Gasteiger partial charge is 0.388 e. The van der Waals surface area contributed by atoms with E-state index < -0.39 is 0 Å². The molecule has 88 valence electrons. The predicted octanol–water partition coefficient (Wildman–Crippen LogP) is 1.34. The van der Waals surface area contributed by atoms with E-state index in [0.717, 1.165) is 37.7 Å². The fourth-order valence-corrected chi connectivity index (χ4v) is 1.92. The summed E-state index contributed by atoms with van der Waals surface area (Å²) in [5, 5.41) is 3.13. The van der Waals surface area contributed by atoms with E-state index in [-0.39, 0.29) is 0 Å². The Morgan fingerprint density at radius 2 is 2.50 bits per heavy atom. The average Bonchev–Trinajstić information content (AvgIpc) is 2.32. The summed E-state index contributed by atoms with van der Waals surface area (Å²) >= 11 is 0. The molecule has 1 N–H and O–H groups in total. The number of ether oxygens (including phenoxy) is 1. The molecule has 4 nitrogen and oxygen atoms in total. The average molecular weight is 221 g/mol. The molecular weight excluding hydrogens is 202 g/mol. The number of pyridine rings is 1. The Hall–Kier alpha value is -1.13. The molecule has 1 aromatic heterocycles. The van der Waals surface area contributed by atoms with Crippen LogP contribution in [0.2, 0.25) is 0 Å². The molecule has 1 aliphatic heterocycles. The van der Waals surface area contributed by atoms with Gasteiger partial charge in [-0.3, -0.25) is 9.88 Å². The molecule has 0 aliphatic carbocycles. The van der Waals surface area contributed by atoms with Gasteiger partial charge in [0.05, 0.1) is 18.9 Å². The van der Waals surface area contributed by atoms with Gasteiger partial charge in [-0.15, -0.1) is 0 Å². The Balaban J connectivity index is 2.01. The summed E-state index contributed by atoms with van der Waals surface area (Å²) < 4.78 is 5.42. The molecule has 1 unspecified atom stereocenters. The number of nitrogens with zero attached hydrogens (tertiary/aromatic N) is 2. The lowest BCUT2D eigenvalue weighted by atomic mass is 10.2. The Kier molecular flexibility index (Phi) is 3.74. The fourth-order valence-electron chi connectivity index (χ4n) is 1.92. The third-order valence-electron chi connectivity index (χ3n) is 2.98. The Morgan fingerprint density at radius 3 is 3.25 bits per heavy atom. The minimum atomic E-state index is 0.480. The number of morpholine rings is 1. The van der Waals surface area contributed by atoms with Crippen molar-refractivity contribution >= 4 is 5.69 Å². The van der Waals surface area contributed by atoms with Gasteiger partial charge < -0.3 is 10.1 Å². The summed E-state index contributed by atoms with van der Waals surface area (Å²) in [5.74, 6) is 0. The number of aromatic nitrogens is 1. The quantitative estimate of drug-likeness (QED) is 0.836. The first kappa shape index (κ1) is 11.4. The van der Waals surface area contributed by atoms with Gasteiger partial charge in [0.2, 0.25) is 0 Å². The summed E-state index contributed by atoms with van der Waals surface area (Å²) in [7, 11) is 1.93. The van der Waals surface area contributed by atoms with Crippen molar-refractivity contribution in [1.29, 1.82) is 0 Å². The summed E-state index contributed by atoms with van der Waals surface area (Å²) in [6, 6.07) is 4.56. The van der Waals surface area contributed by atoms with E-state index >= 15 is 0 Å². The first-order valence-electron chi connectivity index (χ1n) is 5.74. The van der Waals surface area contributed by atoms with Crippen molar-refractivity contribution in [3.05, 3.63) is 24.0 Å². The van der Waals surface area contributed by atoms with E-state index in [1.807, 2.05) is 19.3 Å². The Labute approximate surface area is 96.6 Å². The van der Waals surface area contributed by atoms with Crippen LogP contribution in [0.5, 0.6) is 0 Å². The standard InChI is InChI=1S/C12H19N3O/c1-10-9-16-6-5-15(10)8-12-7-11(13-2)3-4-14-12/h3-4,7,10H,5-6,8-9H2,1-2H3,(H,13,14). The SMILES string of the molecule is CNc1ccnc(CN2CCOCC2C)c1. The van der Waals surface area contributed by atoms with E-state index in [1.54, 1.807) is 0 Å². The minimum absolute atomic E-state index is 0.480. The first-order valence-corrected chi connectivity index (χ1v) is 5.74. The second-order valence-electron chi connectivity index (χ2n) is 4.18. The lowest BCUT2D eigenvalue weighted by Crippen LogP contribution is -2.43. The number of anilines is 1. The van der Waals surface area contributed by atoms with Crippen LogP contribution < -0.4 is 5.32 Å². The first-order chi connectivity index (χ1) is 7.79. The second kappa shape index (κ2) is 5.27. The van der Waals surface area contributed by atoms with E-state index in [0.29, 0.717) is 6.04 Å². The molecule has 0 bridgehead atoms. The van der Waals surface area contributed by atoms with Crippen LogP contribution in [0.25, 0.3) is 0 Å². The normalized spacial score (nSPS) is 22.0. The zero-order valence-electron chi connectivity index (χ0n) is 9.94. The van der Waals surface area contributed by atoms with Gasteiger partial charge in [0.15, 0.2) is 0 Å². The molecule has 0 radical (unpaired) electrons. The van der Waals surface area contributed by atoms with E-state index in [9.17, 15) is 0 Å². The summed E-state index contributed by atoms with van der Waals surface area (Å²) in [5.41, 5.74) is 2.23. The third kappa shape index (κ3) is 2.71. The smallest absolute Gasteiger partial charge is 0.0619 e. The molecule has 1 aliphatic rings. The molecule has 16 heavy (non-hydrogen) atoms. The molecule has 1 saturated heterocycles. The summed E-state index contributed by atoms with van der Waals surface area (Å²) in [6.07, 6.45) is 1.85. The highest BCUT2D eigenvalue weighted by atomic mass is 16.5. The van der Waals surface area contributed by atoms with Crippen molar-refractivity contribution in [2.75, 3.05) is 32.1 Å². The van der Waals surface area contributed by atoms with Crippen molar-refractivity contribution in [3.8, 4) is 0 Å². The maximum absolute atomic E-state index is 5.42. The van der Waals surface area contributed by atoms with Crippen LogP contribution >= 0.6 is 0 Å². The topological polar surface area (TPSA) is 37.4 Å². The van der Waals surface area contributed by atoms with Gasteiger partial charge in [-0.05, 0) is 19.1 Å². The van der Waals surface area contributed by atoms with E-state index in [1.165, 1.54) is 0 Å². The minimum Gasteiger partial charge on any atom is -0.388 e. The Bertz CT molecular complexity index is 343. The van der Waals surface area contributed by atoms with Crippen molar-refractivity contribution in [2.24, 2.45) is 0 Å². The molecule has 1 atom stereocenters. The van der Waals surface area contributed by atoms with Gasteiger partial charge in [0.25, 0.3) is 0 Å². The molecular formula is C12H19N3O. The van der Waals surface area contributed by atoms with Crippen molar-refractivity contribution < 1.29 is 4.74 Å². The molecule has 2 rings (SSSR count). The van der Waals surface area contributed by atoms with Crippen molar-refractivity contribution in [3.63, 3.8) is 0 Å². The van der Waals surface area contributed by atoms with Crippen LogP contribution in [-0.2, 0) is 11.3 Å². The lowest BCUT2D eigenvalue weighted by molar-refractivity contribution is -0.00489. The maximum Gasteiger partial charge on any atom is 0.0619 e. The number of hydrogen-bond donors (Lipinski definition) is 1. The molecule has 0 aromatic carbocycles. The highest BCUT2D eigenvalue weighted by Gasteiger charge is 2.18. The number of nitrogens with one attached hydrogen (secondary N) is 1. The van der Waals surface area contributed by atoms with Gasteiger partial charge in [-0.2, -0.15) is 0 Å². The highest BCUT2D eigenvalue weighted by molar-refractivity contribution is 5.42. The van der Waals surface area contributed by atoms with Crippen LogP contribution in [0, 0.1) is 0 Å². The zero-order valence-corrected chi connectivity index (χ0v) is 9.94. The number of rotatable bonds is 3. The van der Waals surface area contributed by atoms with E-state index in [4.69, 9.17) is 4.74 Å². The molecule has 1 aromatic rings. The maximum atomic E-state index is 5.42. The van der Waals surface area contributed by atoms with Gasteiger partial charge in [0.1, 0.15) is 0 Å². The van der Waals surface area contributed by atoms with Crippen molar-refractivity contribution in [1.82, 2.24) is 9.88 Å². The zero-order chi connectivity index (χ0) is 11.4. The lowest BCUT2D eigenvalue weighted by Gasteiger charge is -2.32. The van der Waals surface area contributed by atoms with Gasteiger partial charge in [-0.1, -0.05) is 0 Å². The molecule has 1 fully saturated rings. The highest BCUT2D eigenvalue weighted by Crippen LogP contribution is 2.13. The molecule has 0 amide bonds. The van der Waals surface area contributed by atoms with Gasteiger partial charge >= 0.3 is 0 Å². The molecule has 4 heteroatoms. The fraction of sp³-hybridized carbons (Fsp3) is 0.583. The summed E-state index contributed by atoms with van der Waals surface area (Å²) in [4.78, 5) is 6.80. The number of hydrogen-bond acceptors (Lipinski definition) is 4. The Morgan fingerprint density at radius 1 is 1.62 bits per heavy atom. The molecule has 0 saturated carbocycles. The second-order valence-corrected chi connectivity index (χ2v) is 4.18. The predicted molar refractivity (Wildman–Crippen MR) is 64.5 cm³/mol. The summed E-state index contributed by atoms with van der Waals surface area (Å²) in [6.45, 7) is 5.75. The van der Waals surface area contributed by atoms with Crippen LogP contribution in [-0.4, -0.2) is 42.7 Å². The van der Waals surface area contributed by atoms with Crippen LogP contribution in [0.15, 0.2) is 18.3 Å². The van der Waals surface area contributed by atoms with E-state index in [2.05, 4.69) is 28.2 Å². The molecule has 0 spiro atoms. The van der Waals surface area contributed by atoms with Crippen LogP contribution in [0.3, 0.4) is 0 Å².